The van der Waals surface area contributed by atoms with Gasteiger partial charge in [-0.3, -0.25) is 4.79 Å². The van der Waals surface area contributed by atoms with E-state index >= 15 is 4.39 Å². The van der Waals surface area contributed by atoms with Crippen molar-refractivity contribution in [1.29, 1.82) is 0 Å². The minimum atomic E-state index is -3.46. The summed E-state index contributed by atoms with van der Waals surface area (Å²) in [7, 11) is -3.46. The summed E-state index contributed by atoms with van der Waals surface area (Å²) in [4.78, 5) is 33.5. The molecule has 302 valence electrons. The molecule has 11 nitrogen and oxygen atoms in total. The van der Waals surface area contributed by atoms with Crippen molar-refractivity contribution < 1.29 is 27.5 Å². The number of aryl methyl sites for hydroxylation is 1. The molecule has 0 spiro atoms. The number of carbonyl (C=O) groups is 2. The Kier molecular flexibility index (Phi) is 12.2. The summed E-state index contributed by atoms with van der Waals surface area (Å²) in [5, 5.41) is 15.2. The molecule has 4 fully saturated rings. The van der Waals surface area contributed by atoms with Gasteiger partial charge in [-0.1, -0.05) is 32.1 Å². The number of amides is 2. The number of aromatic nitrogens is 2. The van der Waals surface area contributed by atoms with Gasteiger partial charge in [0.05, 0.1) is 10.1 Å². The molecule has 2 amide bonds. The fraction of sp³-hybridized carbons (Fsp3) is 0.558. The van der Waals surface area contributed by atoms with Crippen LogP contribution in [-0.4, -0.2) is 90.0 Å². The SMILES string of the molecule is C=CC(=O)NC1CCC(S(=O)(=O)c2ccc(N3CC(CN4CCC([C@@](Cn5ccnc5CC)(c5cccc(F)c5)[C@H]5CCC[C@@H]5NC(=O)O)CC4)C3)cc2)CC1. The van der Waals surface area contributed by atoms with E-state index in [0.29, 0.717) is 43.0 Å². The Morgan fingerprint density at radius 3 is 2.39 bits per heavy atom. The third-order valence-electron chi connectivity index (χ3n) is 13.4. The van der Waals surface area contributed by atoms with Crippen molar-refractivity contribution in [3.8, 4) is 0 Å². The predicted octanol–water partition coefficient (Wildman–Crippen LogP) is 6.19. The minimum Gasteiger partial charge on any atom is -0.465 e. The van der Waals surface area contributed by atoms with E-state index in [4.69, 9.17) is 0 Å². The fourth-order valence-corrected chi connectivity index (χ4v) is 12.4. The lowest BCUT2D eigenvalue weighted by atomic mass is 9.58. The van der Waals surface area contributed by atoms with Crippen molar-refractivity contribution in [3.63, 3.8) is 0 Å². The minimum absolute atomic E-state index is 0.0107. The van der Waals surface area contributed by atoms with Gasteiger partial charge >= 0.3 is 6.09 Å². The van der Waals surface area contributed by atoms with Crippen LogP contribution in [0, 0.1) is 23.6 Å². The fourth-order valence-electron chi connectivity index (χ4n) is 10.6. The molecule has 0 bridgehead atoms. The Labute approximate surface area is 330 Å². The van der Waals surface area contributed by atoms with Crippen LogP contribution in [0.4, 0.5) is 14.9 Å². The molecule has 2 aliphatic carbocycles. The summed E-state index contributed by atoms with van der Waals surface area (Å²) in [6, 6.07) is 14.2. The summed E-state index contributed by atoms with van der Waals surface area (Å²) < 4.78 is 44.3. The lowest BCUT2D eigenvalue weighted by Gasteiger charge is -2.51. The first kappa shape index (κ1) is 40.0. The zero-order valence-corrected chi connectivity index (χ0v) is 33.3. The van der Waals surface area contributed by atoms with E-state index in [1.165, 1.54) is 12.1 Å². The van der Waals surface area contributed by atoms with E-state index < -0.39 is 26.6 Å². The van der Waals surface area contributed by atoms with E-state index in [1.807, 2.05) is 24.5 Å². The molecule has 1 aromatic heterocycles. The van der Waals surface area contributed by atoms with Crippen molar-refractivity contribution in [1.82, 2.24) is 25.1 Å². The van der Waals surface area contributed by atoms with Crippen LogP contribution < -0.4 is 15.5 Å². The standard InChI is InChI=1S/C43H57FN6O5S/c1-3-40-45-21-24-49(40)29-43(32-7-5-8-33(44)25-32,38-9-6-10-39(38)47-42(52)53)31-19-22-48(23-20-31)26-30-27-50(28-30)35-13-17-37(18-14-35)56(54,55)36-15-11-34(12-16-36)46-41(51)4-2/h4-5,7-8,13-14,17-18,21,24-25,30-31,34,36,38-39,47H,2-3,6,9-12,15-16,19-20,22-23,26-29H2,1H3,(H,46,51)(H,52,53)/t34?,36?,38-,39-,43-/m0/s1. The number of hydrogen-bond donors (Lipinski definition) is 3. The van der Waals surface area contributed by atoms with Crippen LogP contribution in [-0.2, 0) is 33.0 Å². The molecule has 2 saturated carbocycles. The van der Waals surface area contributed by atoms with Crippen molar-refractivity contribution in [3.05, 3.63) is 90.8 Å². The van der Waals surface area contributed by atoms with E-state index in [1.54, 1.807) is 24.3 Å². The lowest BCUT2D eigenvalue weighted by molar-refractivity contribution is -0.117. The Morgan fingerprint density at radius 2 is 1.73 bits per heavy atom. The molecule has 3 atom stereocenters. The molecule has 2 saturated heterocycles. The predicted molar refractivity (Wildman–Crippen MR) is 215 cm³/mol. The number of nitrogens with zero attached hydrogens (tertiary/aromatic N) is 4. The smallest absolute Gasteiger partial charge is 0.404 e. The van der Waals surface area contributed by atoms with E-state index in [-0.39, 0.29) is 35.6 Å². The molecule has 4 aliphatic rings. The first-order valence-corrected chi connectivity index (χ1v) is 22.0. The topological polar surface area (TPSA) is 137 Å². The summed E-state index contributed by atoms with van der Waals surface area (Å²) in [6.45, 7) is 10.8. The highest BCUT2D eigenvalue weighted by atomic mass is 32.2. The summed E-state index contributed by atoms with van der Waals surface area (Å²) in [5.74, 6) is 1.21. The number of carboxylic acid groups (broad SMARTS) is 1. The average Bonchev–Trinajstić information content (AvgIpc) is 3.84. The molecule has 3 N–H and O–H groups in total. The Morgan fingerprint density at radius 1 is 1.00 bits per heavy atom. The summed E-state index contributed by atoms with van der Waals surface area (Å²) in [5.41, 5.74) is 1.49. The van der Waals surface area contributed by atoms with Crippen molar-refractivity contribution >= 4 is 27.5 Å². The van der Waals surface area contributed by atoms with Gasteiger partial charge in [0.2, 0.25) is 5.91 Å². The molecule has 13 heteroatoms. The van der Waals surface area contributed by atoms with Gasteiger partial charge in [0, 0.05) is 74.1 Å². The number of carbonyl (C=O) groups excluding carboxylic acids is 1. The summed E-state index contributed by atoms with van der Waals surface area (Å²) in [6.07, 6.45) is 11.6. The van der Waals surface area contributed by atoms with E-state index in [0.717, 1.165) is 88.3 Å². The highest BCUT2D eigenvalue weighted by Gasteiger charge is 2.52. The third kappa shape index (κ3) is 8.39. The zero-order valence-electron chi connectivity index (χ0n) is 32.5. The second-order valence-electron chi connectivity index (χ2n) is 16.5. The zero-order chi connectivity index (χ0) is 39.5. The largest absolute Gasteiger partial charge is 0.465 e. The number of likely N-dealkylation sites (tertiary alicyclic amines) is 1. The molecule has 0 unspecified atom stereocenters. The van der Waals surface area contributed by atoms with Crippen LogP contribution >= 0.6 is 0 Å². The maximum Gasteiger partial charge on any atom is 0.404 e. The Balaban J connectivity index is 0.990. The molecule has 7 rings (SSSR count). The average molecular weight is 789 g/mol. The highest BCUT2D eigenvalue weighted by molar-refractivity contribution is 7.92. The quantitative estimate of drug-likeness (QED) is 0.165. The molecule has 3 aromatic rings. The number of rotatable bonds is 14. The second-order valence-corrected chi connectivity index (χ2v) is 18.8. The van der Waals surface area contributed by atoms with Gasteiger partial charge in [-0.15, -0.1) is 0 Å². The molecular formula is C43H57FN6O5S. The molecule has 0 radical (unpaired) electrons. The van der Waals surface area contributed by atoms with Crippen LogP contribution in [0.15, 0.2) is 78.5 Å². The van der Waals surface area contributed by atoms with Crippen molar-refractivity contribution in [2.75, 3.05) is 37.6 Å². The first-order chi connectivity index (χ1) is 27.0. The van der Waals surface area contributed by atoms with Gasteiger partial charge < -0.3 is 30.1 Å². The van der Waals surface area contributed by atoms with Gasteiger partial charge in [-0.2, -0.15) is 0 Å². The first-order valence-electron chi connectivity index (χ1n) is 20.5. The van der Waals surface area contributed by atoms with Gasteiger partial charge in [0.25, 0.3) is 0 Å². The second kappa shape index (κ2) is 17.1. The van der Waals surface area contributed by atoms with Crippen LogP contribution in [0.25, 0.3) is 0 Å². The maximum absolute atomic E-state index is 15.1. The number of nitrogens with one attached hydrogen (secondary N) is 2. The number of halogens is 1. The number of anilines is 1. The normalized spacial score (nSPS) is 24.9. The van der Waals surface area contributed by atoms with Crippen LogP contribution in [0.3, 0.4) is 0 Å². The van der Waals surface area contributed by atoms with E-state index in [2.05, 4.69) is 49.6 Å². The van der Waals surface area contributed by atoms with Crippen LogP contribution in [0.5, 0.6) is 0 Å². The molecular weight excluding hydrogens is 732 g/mol. The monoisotopic (exact) mass is 788 g/mol. The number of piperidine rings is 1. The number of sulfone groups is 1. The van der Waals surface area contributed by atoms with Gasteiger partial charge in [-0.25, -0.2) is 22.6 Å². The third-order valence-corrected chi connectivity index (χ3v) is 15.6. The number of hydrogen-bond acceptors (Lipinski definition) is 7. The van der Waals surface area contributed by atoms with E-state index in [9.17, 15) is 23.1 Å². The van der Waals surface area contributed by atoms with Crippen molar-refractivity contribution in [2.24, 2.45) is 17.8 Å². The highest BCUT2D eigenvalue weighted by Crippen LogP contribution is 2.52. The molecule has 2 aromatic carbocycles. The maximum atomic E-state index is 15.1. The Bertz CT molecular complexity index is 1950. The van der Waals surface area contributed by atoms with Crippen LogP contribution in [0.1, 0.15) is 76.1 Å². The lowest BCUT2D eigenvalue weighted by Crippen LogP contribution is -2.56. The molecule has 56 heavy (non-hydrogen) atoms. The van der Waals surface area contributed by atoms with Crippen LogP contribution in [0.2, 0.25) is 0 Å². The summed E-state index contributed by atoms with van der Waals surface area (Å²) >= 11 is 0. The van der Waals surface area contributed by atoms with Gasteiger partial charge in [0.15, 0.2) is 9.84 Å². The molecule has 2 aliphatic heterocycles. The molecule has 3 heterocycles. The van der Waals surface area contributed by atoms with Gasteiger partial charge in [0.1, 0.15) is 11.6 Å². The Hall–Kier alpha value is -4.23. The number of imidazole rings is 1. The number of benzene rings is 2. The van der Waals surface area contributed by atoms with Gasteiger partial charge in [-0.05, 0) is 124 Å². The van der Waals surface area contributed by atoms with Crippen molar-refractivity contribution in [2.45, 2.75) is 105 Å².